The van der Waals surface area contributed by atoms with Crippen molar-refractivity contribution in [3.8, 4) is 0 Å². The number of hydrogen-bond acceptors (Lipinski definition) is 2. The van der Waals surface area contributed by atoms with Crippen molar-refractivity contribution in [2.45, 2.75) is 32.6 Å². The second-order valence-electron chi connectivity index (χ2n) is 4.55. The van der Waals surface area contributed by atoms with Crippen molar-refractivity contribution in [1.29, 1.82) is 0 Å². The molecule has 0 aliphatic carbocycles. The minimum Gasteiger partial charge on any atom is -0.330 e. The molecule has 0 atom stereocenters. The summed E-state index contributed by atoms with van der Waals surface area (Å²) in [5.74, 6) is 1.39. The van der Waals surface area contributed by atoms with Crippen LogP contribution in [0.2, 0.25) is 0 Å². The van der Waals surface area contributed by atoms with E-state index in [1.165, 1.54) is 0 Å². The number of aryl methyl sites for hydroxylation is 2. The van der Waals surface area contributed by atoms with Gasteiger partial charge in [-0.3, -0.25) is 4.79 Å². The molecular formula is C14H17ClN2O. The highest BCUT2D eigenvalue weighted by Crippen LogP contribution is 2.22. The smallest absolute Gasteiger partial charge is 0.163 e. The van der Waals surface area contributed by atoms with E-state index in [9.17, 15) is 4.79 Å². The minimum absolute atomic E-state index is 0.190. The maximum Gasteiger partial charge on any atom is 0.163 e. The Morgan fingerprint density at radius 2 is 2.17 bits per heavy atom. The van der Waals surface area contributed by atoms with Gasteiger partial charge in [-0.25, -0.2) is 4.98 Å². The molecule has 18 heavy (non-hydrogen) atoms. The quantitative estimate of drug-likeness (QED) is 0.625. The number of nitrogens with zero attached hydrogens (tertiary/aromatic N) is 2. The molecule has 0 radical (unpaired) electrons. The summed E-state index contributed by atoms with van der Waals surface area (Å²) in [6.07, 6.45) is 1.45. The predicted octanol–water partition coefficient (Wildman–Crippen LogP) is 3.60. The third-order valence-corrected chi connectivity index (χ3v) is 3.46. The topological polar surface area (TPSA) is 34.9 Å². The normalized spacial score (nSPS) is 11.1. The van der Waals surface area contributed by atoms with E-state index >= 15 is 0 Å². The van der Waals surface area contributed by atoms with Crippen LogP contribution >= 0.6 is 11.6 Å². The van der Waals surface area contributed by atoms with Gasteiger partial charge in [0.15, 0.2) is 5.78 Å². The Hall–Kier alpha value is -1.35. The van der Waals surface area contributed by atoms with Crippen LogP contribution in [0.5, 0.6) is 0 Å². The first-order chi connectivity index (χ1) is 8.58. The lowest BCUT2D eigenvalue weighted by atomic mass is 10.0. The molecule has 0 saturated heterocycles. The molecule has 0 amide bonds. The lowest BCUT2D eigenvalue weighted by Crippen LogP contribution is -2.01. The summed E-state index contributed by atoms with van der Waals surface area (Å²) in [7, 11) is 1.94. The molecule has 0 N–H and O–H groups in total. The van der Waals surface area contributed by atoms with Crippen molar-refractivity contribution < 1.29 is 4.79 Å². The zero-order chi connectivity index (χ0) is 13.3. The molecule has 1 aromatic heterocycles. The number of carbonyl (C=O) groups is 1. The van der Waals surface area contributed by atoms with Crippen molar-refractivity contribution in [3.05, 3.63) is 29.1 Å². The third kappa shape index (κ3) is 2.15. The summed E-state index contributed by atoms with van der Waals surface area (Å²) >= 11 is 5.85. The van der Waals surface area contributed by atoms with E-state index in [2.05, 4.69) is 4.98 Å². The molecule has 0 spiro atoms. The fourth-order valence-electron chi connectivity index (χ4n) is 2.17. The number of rotatable bonds is 4. The SMILES string of the molecule is CCCC(=O)c1cc2nc(CCl)n(C)c2cc1C. The van der Waals surface area contributed by atoms with Crippen LogP contribution in [0.4, 0.5) is 0 Å². The van der Waals surface area contributed by atoms with Crippen LogP contribution in [0.3, 0.4) is 0 Å². The number of Topliss-reactive ketones (excluding diaryl/α,β-unsaturated/α-hetero) is 1. The standard InChI is InChI=1S/C14H17ClN2O/c1-4-5-13(18)10-7-11-12(6-9(10)2)17(3)14(8-15)16-11/h6-7H,4-5,8H2,1-3H3. The molecule has 96 valence electrons. The Morgan fingerprint density at radius 1 is 1.44 bits per heavy atom. The molecule has 0 unspecified atom stereocenters. The Morgan fingerprint density at radius 3 is 2.78 bits per heavy atom. The fourth-order valence-corrected chi connectivity index (χ4v) is 2.41. The molecule has 2 aromatic rings. The first kappa shape index (κ1) is 13.1. The first-order valence-electron chi connectivity index (χ1n) is 6.13. The number of imidazole rings is 1. The molecule has 0 bridgehead atoms. The number of alkyl halides is 1. The average molecular weight is 265 g/mol. The monoisotopic (exact) mass is 264 g/mol. The summed E-state index contributed by atoms with van der Waals surface area (Å²) in [6.45, 7) is 3.98. The second kappa shape index (κ2) is 5.11. The summed E-state index contributed by atoms with van der Waals surface area (Å²) in [5, 5.41) is 0. The molecule has 2 rings (SSSR count). The van der Waals surface area contributed by atoms with E-state index in [0.29, 0.717) is 12.3 Å². The van der Waals surface area contributed by atoms with Crippen molar-refractivity contribution in [2.24, 2.45) is 7.05 Å². The van der Waals surface area contributed by atoms with E-state index < -0.39 is 0 Å². The number of fused-ring (bicyclic) bond motifs is 1. The van der Waals surface area contributed by atoms with Gasteiger partial charge in [-0.1, -0.05) is 6.92 Å². The number of carbonyl (C=O) groups excluding carboxylic acids is 1. The zero-order valence-corrected chi connectivity index (χ0v) is 11.7. The first-order valence-corrected chi connectivity index (χ1v) is 6.67. The van der Waals surface area contributed by atoms with Crippen LogP contribution in [-0.4, -0.2) is 15.3 Å². The largest absolute Gasteiger partial charge is 0.330 e. The highest BCUT2D eigenvalue weighted by molar-refractivity contribution is 6.16. The Labute approximate surface area is 112 Å². The lowest BCUT2D eigenvalue weighted by molar-refractivity contribution is 0.0981. The average Bonchev–Trinajstić information content (AvgIpc) is 2.65. The number of benzene rings is 1. The van der Waals surface area contributed by atoms with Crippen LogP contribution in [0.1, 0.15) is 41.5 Å². The maximum atomic E-state index is 12.0. The minimum atomic E-state index is 0.190. The van der Waals surface area contributed by atoms with Crippen LogP contribution < -0.4 is 0 Å². The van der Waals surface area contributed by atoms with Gasteiger partial charge in [0.1, 0.15) is 5.82 Å². The van der Waals surface area contributed by atoms with Crippen molar-refractivity contribution in [2.75, 3.05) is 0 Å². The van der Waals surface area contributed by atoms with Gasteiger partial charge < -0.3 is 4.57 Å². The van der Waals surface area contributed by atoms with Gasteiger partial charge in [-0.2, -0.15) is 0 Å². The highest BCUT2D eigenvalue weighted by atomic mass is 35.5. The number of ketones is 1. The molecule has 3 nitrogen and oxygen atoms in total. The van der Waals surface area contributed by atoms with Crippen LogP contribution in [0.15, 0.2) is 12.1 Å². The Balaban J connectivity index is 2.58. The Kier molecular flexibility index (Phi) is 3.71. The molecule has 0 aliphatic rings. The molecule has 4 heteroatoms. The highest BCUT2D eigenvalue weighted by Gasteiger charge is 2.13. The molecule has 1 heterocycles. The van der Waals surface area contributed by atoms with Gasteiger partial charge in [0.05, 0.1) is 16.9 Å². The fraction of sp³-hybridized carbons (Fsp3) is 0.429. The van der Waals surface area contributed by atoms with Crippen LogP contribution in [-0.2, 0) is 12.9 Å². The van der Waals surface area contributed by atoms with Gasteiger partial charge in [0.25, 0.3) is 0 Å². The van der Waals surface area contributed by atoms with Crippen LogP contribution in [0.25, 0.3) is 11.0 Å². The van der Waals surface area contributed by atoms with Crippen molar-refractivity contribution in [3.63, 3.8) is 0 Å². The number of aromatic nitrogens is 2. The van der Waals surface area contributed by atoms with Crippen LogP contribution in [0, 0.1) is 6.92 Å². The van der Waals surface area contributed by atoms with Gasteiger partial charge in [0, 0.05) is 19.0 Å². The molecule has 0 fully saturated rings. The van der Waals surface area contributed by atoms with E-state index in [-0.39, 0.29) is 5.78 Å². The predicted molar refractivity (Wildman–Crippen MR) is 74.2 cm³/mol. The number of hydrogen-bond donors (Lipinski definition) is 0. The summed E-state index contributed by atoms with van der Waals surface area (Å²) in [6, 6.07) is 3.90. The molecule has 0 aliphatic heterocycles. The van der Waals surface area contributed by atoms with E-state index in [0.717, 1.165) is 34.4 Å². The van der Waals surface area contributed by atoms with Crippen molar-refractivity contribution >= 4 is 28.4 Å². The van der Waals surface area contributed by atoms with Gasteiger partial charge >= 0.3 is 0 Å². The third-order valence-electron chi connectivity index (χ3n) is 3.22. The van der Waals surface area contributed by atoms with E-state index in [1.807, 2.05) is 37.6 Å². The van der Waals surface area contributed by atoms with Gasteiger partial charge in [0.2, 0.25) is 0 Å². The summed E-state index contributed by atoms with van der Waals surface area (Å²) < 4.78 is 1.98. The lowest BCUT2D eigenvalue weighted by Gasteiger charge is -2.05. The summed E-state index contributed by atoms with van der Waals surface area (Å²) in [5.41, 5.74) is 3.66. The molecular weight excluding hydrogens is 248 g/mol. The number of halogens is 1. The van der Waals surface area contributed by atoms with E-state index in [1.54, 1.807) is 0 Å². The Bertz CT molecular complexity index is 601. The molecule has 1 aromatic carbocycles. The maximum absolute atomic E-state index is 12.0. The van der Waals surface area contributed by atoms with Gasteiger partial charge in [-0.15, -0.1) is 11.6 Å². The second-order valence-corrected chi connectivity index (χ2v) is 4.82. The van der Waals surface area contributed by atoms with E-state index in [4.69, 9.17) is 11.6 Å². The molecule has 0 saturated carbocycles. The van der Waals surface area contributed by atoms with Crippen molar-refractivity contribution in [1.82, 2.24) is 9.55 Å². The summed E-state index contributed by atoms with van der Waals surface area (Å²) in [4.78, 5) is 16.5. The van der Waals surface area contributed by atoms with Gasteiger partial charge in [-0.05, 0) is 31.0 Å². The zero-order valence-electron chi connectivity index (χ0n) is 11.0.